The minimum atomic E-state index is -0.250. The molecule has 0 aliphatic carbocycles. The van der Waals surface area contributed by atoms with E-state index in [1.807, 2.05) is 0 Å². The summed E-state index contributed by atoms with van der Waals surface area (Å²) in [5, 5.41) is 6.16. The number of piperidine rings is 1. The SMILES string of the molecule is O=C(NCC1CCNCC1)c1cc[nH]c(=O)c1. The fourth-order valence-corrected chi connectivity index (χ4v) is 2.01. The van der Waals surface area contributed by atoms with E-state index in [4.69, 9.17) is 0 Å². The Bertz CT molecular complexity index is 435. The normalized spacial score (nSPS) is 16.7. The van der Waals surface area contributed by atoms with Crippen molar-refractivity contribution in [1.29, 1.82) is 0 Å². The van der Waals surface area contributed by atoms with Gasteiger partial charge < -0.3 is 15.6 Å². The van der Waals surface area contributed by atoms with Gasteiger partial charge in [-0.25, -0.2) is 0 Å². The molecule has 1 amide bonds. The van der Waals surface area contributed by atoms with Crippen LogP contribution in [-0.4, -0.2) is 30.5 Å². The number of hydrogen-bond donors (Lipinski definition) is 3. The predicted octanol–water partition coefficient (Wildman–Crippen LogP) is 0.104. The van der Waals surface area contributed by atoms with Gasteiger partial charge in [-0.1, -0.05) is 0 Å². The summed E-state index contributed by atoms with van der Waals surface area (Å²) in [4.78, 5) is 25.3. The van der Waals surface area contributed by atoms with Crippen molar-refractivity contribution in [1.82, 2.24) is 15.6 Å². The lowest BCUT2D eigenvalue weighted by molar-refractivity contribution is 0.0944. The first kappa shape index (κ1) is 11.9. The van der Waals surface area contributed by atoms with E-state index in [-0.39, 0.29) is 11.5 Å². The van der Waals surface area contributed by atoms with E-state index in [1.54, 1.807) is 6.07 Å². The zero-order valence-corrected chi connectivity index (χ0v) is 9.66. The molecule has 0 spiro atoms. The summed E-state index contributed by atoms with van der Waals surface area (Å²) in [6, 6.07) is 2.93. The average molecular weight is 235 g/mol. The van der Waals surface area contributed by atoms with Crippen LogP contribution in [0.1, 0.15) is 23.2 Å². The molecule has 2 heterocycles. The lowest BCUT2D eigenvalue weighted by Crippen LogP contribution is -2.36. The number of carbonyl (C=O) groups excluding carboxylic acids is 1. The van der Waals surface area contributed by atoms with Gasteiger partial charge in [0.25, 0.3) is 5.91 Å². The highest BCUT2D eigenvalue weighted by molar-refractivity contribution is 5.93. The lowest BCUT2D eigenvalue weighted by atomic mass is 9.98. The Hall–Kier alpha value is -1.62. The van der Waals surface area contributed by atoms with Gasteiger partial charge in [-0.2, -0.15) is 0 Å². The standard InChI is InChI=1S/C12H17N3O2/c16-11-7-10(3-6-14-11)12(17)15-8-9-1-4-13-5-2-9/h3,6-7,9,13H,1-2,4-5,8H2,(H,14,16)(H,15,17). The third-order valence-electron chi connectivity index (χ3n) is 3.05. The van der Waals surface area contributed by atoms with E-state index in [9.17, 15) is 9.59 Å². The molecule has 0 unspecified atom stereocenters. The molecule has 1 fully saturated rings. The molecule has 1 aromatic heterocycles. The number of aromatic amines is 1. The molecule has 2 rings (SSSR count). The predicted molar refractivity (Wildman–Crippen MR) is 65.0 cm³/mol. The monoisotopic (exact) mass is 235 g/mol. The van der Waals surface area contributed by atoms with Crippen molar-refractivity contribution in [2.75, 3.05) is 19.6 Å². The fraction of sp³-hybridized carbons (Fsp3) is 0.500. The number of carbonyl (C=O) groups is 1. The topological polar surface area (TPSA) is 74.0 Å². The largest absolute Gasteiger partial charge is 0.352 e. The number of nitrogens with one attached hydrogen (secondary N) is 3. The molecule has 0 radical (unpaired) electrons. The second kappa shape index (κ2) is 5.63. The third kappa shape index (κ3) is 3.42. The summed E-state index contributed by atoms with van der Waals surface area (Å²) >= 11 is 0. The maximum absolute atomic E-state index is 11.8. The van der Waals surface area contributed by atoms with E-state index < -0.39 is 0 Å². The number of rotatable bonds is 3. The molecule has 5 heteroatoms. The molecule has 1 aromatic rings. The average Bonchev–Trinajstić information content (AvgIpc) is 2.37. The number of H-pyrrole nitrogens is 1. The van der Waals surface area contributed by atoms with Crippen molar-refractivity contribution in [2.45, 2.75) is 12.8 Å². The summed E-state index contributed by atoms with van der Waals surface area (Å²) < 4.78 is 0. The number of amides is 1. The Morgan fingerprint density at radius 2 is 2.18 bits per heavy atom. The van der Waals surface area contributed by atoms with Crippen molar-refractivity contribution in [3.63, 3.8) is 0 Å². The zero-order valence-electron chi connectivity index (χ0n) is 9.66. The molecule has 17 heavy (non-hydrogen) atoms. The Morgan fingerprint density at radius 1 is 1.41 bits per heavy atom. The van der Waals surface area contributed by atoms with Gasteiger partial charge >= 0.3 is 0 Å². The summed E-state index contributed by atoms with van der Waals surface area (Å²) in [6.45, 7) is 2.73. The van der Waals surface area contributed by atoms with Crippen LogP contribution in [-0.2, 0) is 0 Å². The van der Waals surface area contributed by atoms with Gasteiger partial charge in [0.2, 0.25) is 5.56 Å². The molecule has 92 valence electrons. The van der Waals surface area contributed by atoms with E-state index >= 15 is 0 Å². The summed E-state index contributed by atoms with van der Waals surface area (Å²) in [6.07, 6.45) is 3.67. The molecule has 0 aromatic carbocycles. The van der Waals surface area contributed by atoms with Gasteiger partial charge in [0.1, 0.15) is 0 Å². The summed E-state index contributed by atoms with van der Waals surface area (Å²) in [5.41, 5.74) is 0.169. The molecule has 1 aliphatic rings. The van der Waals surface area contributed by atoms with Gasteiger partial charge in [0, 0.05) is 24.4 Å². The number of hydrogen-bond acceptors (Lipinski definition) is 3. The Kier molecular flexibility index (Phi) is 3.93. The van der Waals surface area contributed by atoms with Gasteiger partial charge in [-0.05, 0) is 37.9 Å². The first-order valence-electron chi connectivity index (χ1n) is 5.93. The van der Waals surface area contributed by atoms with Gasteiger partial charge in [-0.15, -0.1) is 0 Å². The fourth-order valence-electron chi connectivity index (χ4n) is 2.01. The third-order valence-corrected chi connectivity index (χ3v) is 3.05. The van der Waals surface area contributed by atoms with Gasteiger partial charge in [-0.3, -0.25) is 9.59 Å². The molecule has 0 saturated carbocycles. The van der Waals surface area contributed by atoms with Crippen LogP contribution in [0.15, 0.2) is 23.1 Å². The first-order chi connectivity index (χ1) is 8.25. The van der Waals surface area contributed by atoms with Crippen LogP contribution in [0, 0.1) is 5.92 Å². The number of aromatic nitrogens is 1. The van der Waals surface area contributed by atoms with Crippen molar-refractivity contribution in [3.05, 3.63) is 34.2 Å². The van der Waals surface area contributed by atoms with E-state index in [2.05, 4.69) is 15.6 Å². The van der Waals surface area contributed by atoms with Crippen LogP contribution in [0.4, 0.5) is 0 Å². The molecule has 5 nitrogen and oxygen atoms in total. The first-order valence-corrected chi connectivity index (χ1v) is 5.93. The van der Waals surface area contributed by atoms with Crippen molar-refractivity contribution >= 4 is 5.91 Å². The van der Waals surface area contributed by atoms with Crippen LogP contribution in [0.5, 0.6) is 0 Å². The van der Waals surface area contributed by atoms with Crippen molar-refractivity contribution in [2.24, 2.45) is 5.92 Å². The van der Waals surface area contributed by atoms with Crippen LogP contribution in [0.2, 0.25) is 0 Å². The second-order valence-electron chi connectivity index (χ2n) is 4.35. The van der Waals surface area contributed by atoms with Crippen LogP contribution in [0.3, 0.4) is 0 Å². The Balaban J connectivity index is 1.86. The summed E-state index contributed by atoms with van der Waals surface area (Å²) in [5.74, 6) is 0.372. The Labute approximate surface area is 99.6 Å². The van der Waals surface area contributed by atoms with Crippen LogP contribution >= 0.6 is 0 Å². The Morgan fingerprint density at radius 3 is 2.88 bits per heavy atom. The molecule has 3 N–H and O–H groups in total. The second-order valence-corrected chi connectivity index (χ2v) is 4.35. The highest BCUT2D eigenvalue weighted by Gasteiger charge is 2.14. The highest BCUT2D eigenvalue weighted by atomic mass is 16.2. The molecular weight excluding hydrogens is 218 g/mol. The quantitative estimate of drug-likeness (QED) is 0.696. The molecule has 1 saturated heterocycles. The van der Waals surface area contributed by atoms with E-state index in [1.165, 1.54) is 12.3 Å². The number of pyridine rings is 1. The zero-order chi connectivity index (χ0) is 12.1. The summed E-state index contributed by atoms with van der Waals surface area (Å²) in [7, 11) is 0. The van der Waals surface area contributed by atoms with Crippen molar-refractivity contribution < 1.29 is 4.79 Å². The van der Waals surface area contributed by atoms with E-state index in [0.717, 1.165) is 25.9 Å². The van der Waals surface area contributed by atoms with E-state index in [0.29, 0.717) is 18.0 Å². The van der Waals surface area contributed by atoms with Crippen LogP contribution in [0.25, 0.3) is 0 Å². The highest BCUT2D eigenvalue weighted by Crippen LogP contribution is 2.10. The van der Waals surface area contributed by atoms with Gasteiger partial charge in [0.05, 0.1) is 0 Å². The lowest BCUT2D eigenvalue weighted by Gasteiger charge is -2.22. The maximum Gasteiger partial charge on any atom is 0.251 e. The minimum Gasteiger partial charge on any atom is -0.352 e. The maximum atomic E-state index is 11.8. The van der Waals surface area contributed by atoms with Gasteiger partial charge in [0.15, 0.2) is 0 Å². The smallest absolute Gasteiger partial charge is 0.251 e. The molecule has 1 aliphatic heterocycles. The molecular formula is C12H17N3O2. The van der Waals surface area contributed by atoms with Crippen molar-refractivity contribution in [3.8, 4) is 0 Å². The molecule has 0 bridgehead atoms. The van der Waals surface area contributed by atoms with Crippen LogP contribution < -0.4 is 16.2 Å². The molecule has 0 atom stereocenters. The minimum absolute atomic E-state index is 0.172.